The van der Waals surface area contributed by atoms with Gasteiger partial charge in [0.2, 0.25) is 0 Å². The quantitative estimate of drug-likeness (QED) is 0.898. The molecule has 0 aromatic heterocycles. The van der Waals surface area contributed by atoms with Crippen LogP contribution in [0.5, 0.6) is 5.75 Å². The molecule has 0 aliphatic heterocycles. The predicted molar refractivity (Wildman–Crippen MR) is 71.5 cm³/mol. The lowest BCUT2D eigenvalue weighted by Crippen LogP contribution is -2.29. The summed E-state index contributed by atoms with van der Waals surface area (Å²) in [5.41, 5.74) is 1.29. The molecule has 1 aromatic rings. The second-order valence-corrected chi connectivity index (χ2v) is 4.78. The molecule has 0 amide bonds. The average molecular weight is 255 g/mol. The van der Waals surface area contributed by atoms with Gasteiger partial charge in [0.1, 0.15) is 17.9 Å². The SMILES string of the molecule is COc1ccc(C(C#N)NC2CCCC2)cc1C#N. The zero-order valence-electron chi connectivity index (χ0n) is 11.0. The molecule has 0 saturated heterocycles. The summed E-state index contributed by atoms with van der Waals surface area (Å²) in [5.74, 6) is 0.545. The van der Waals surface area contributed by atoms with E-state index in [4.69, 9.17) is 10.00 Å². The number of methoxy groups -OCH3 is 1. The fourth-order valence-corrected chi connectivity index (χ4v) is 2.53. The third-order valence-electron chi connectivity index (χ3n) is 3.56. The molecule has 1 unspecified atom stereocenters. The molecule has 0 spiro atoms. The second kappa shape index (κ2) is 6.22. The van der Waals surface area contributed by atoms with Crippen molar-refractivity contribution >= 4 is 0 Å². The van der Waals surface area contributed by atoms with Crippen molar-refractivity contribution < 1.29 is 4.74 Å². The van der Waals surface area contributed by atoms with E-state index < -0.39 is 0 Å². The van der Waals surface area contributed by atoms with Gasteiger partial charge in [-0.2, -0.15) is 10.5 Å². The van der Waals surface area contributed by atoms with Crippen molar-refractivity contribution in [1.29, 1.82) is 10.5 Å². The summed E-state index contributed by atoms with van der Waals surface area (Å²) in [5, 5.41) is 21.7. The maximum atomic E-state index is 9.30. The molecule has 1 saturated carbocycles. The molecule has 4 heteroatoms. The Morgan fingerprint density at radius 3 is 2.63 bits per heavy atom. The van der Waals surface area contributed by atoms with Crippen LogP contribution in [0.2, 0.25) is 0 Å². The molecule has 98 valence electrons. The lowest BCUT2D eigenvalue weighted by molar-refractivity contribution is 0.413. The first-order chi connectivity index (χ1) is 9.28. The van der Waals surface area contributed by atoms with Crippen LogP contribution in [0.25, 0.3) is 0 Å². The number of hydrogen-bond donors (Lipinski definition) is 1. The molecule has 0 bridgehead atoms. The van der Waals surface area contributed by atoms with Gasteiger partial charge in [-0.1, -0.05) is 18.9 Å². The standard InChI is InChI=1S/C15H17N3O/c1-19-15-7-6-11(8-12(15)9-16)14(10-17)18-13-4-2-3-5-13/h6-8,13-14,18H,2-5H2,1H3. The van der Waals surface area contributed by atoms with Crippen molar-refractivity contribution in [3.8, 4) is 17.9 Å². The Bertz CT molecular complexity index is 521. The predicted octanol–water partition coefficient (Wildman–Crippen LogP) is 2.66. The highest BCUT2D eigenvalue weighted by Gasteiger charge is 2.20. The summed E-state index contributed by atoms with van der Waals surface area (Å²) in [7, 11) is 1.54. The molecule has 0 heterocycles. The van der Waals surface area contributed by atoms with E-state index in [1.165, 1.54) is 20.0 Å². The van der Waals surface area contributed by atoms with Gasteiger partial charge in [0.25, 0.3) is 0 Å². The molecule has 1 aromatic carbocycles. The minimum atomic E-state index is -0.360. The lowest BCUT2D eigenvalue weighted by atomic mass is 10.0. The van der Waals surface area contributed by atoms with Crippen molar-refractivity contribution in [3.63, 3.8) is 0 Å². The minimum absolute atomic E-state index is 0.360. The maximum Gasteiger partial charge on any atom is 0.136 e. The van der Waals surface area contributed by atoms with E-state index in [-0.39, 0.29) is 6.04 Å². The van der Waals surface area contributed by atoms with Crippen molar-refractivity contribution in [2.24, 2.45) is 0 Å². The Kier molecular flexibility index (Phi) is 4.39. The van der Waals surface area contributed by atoms with Gasteiger partial charge in [-0.15, -0.1) is 0 Å². The summed E-state index contributed by atoms with van der Waals surface area (Å²) >= 11 is 0. The van der Waals surface area contributed by atoms with Crippen LogP contribution in [0.3, 0.4) is 0 Å². The van der Waals surface area contributed by atoms with Gasteiger partial charge in [-0.05, 0) is 30.5 Å². The van der Waals surface area contributed by atoms with Crippen LogP contribution in [0.15, 0.2) is 18.2 Å². The summed E-state index contributed by atoms with van der Waals surface area (Å²) < 4.78 is 5.11. The monoisotopic (exact) mass is 255 g/mol. The fraction of sp³-hybridized carbons (Fsp3) is 0.467. The van der Waals surface area contributed by atoms with E-state index in [0.717, 1.165) is 18.4 Å². The van der Waals surface area contributed by atoms with Gasteiger partial charge in [0.15, 0.2) is 0 Å². The van der Waals surface area contributed by atoms with Gasteiger partial charge >= 0.3 is 0 Å². The zero-order chi connectivity index (χ0) is 13.7. The molecular formula is C15H17N3O. The Labute approximate surface area is 113 Å². The average Bonchev–Trinajstić information content (AvgIpc) is 2.97. The molecule has 4 nitrogen and oxygen atoms in total. The third-order valence-corrected chi connectivity index (χ3v) is 3.56. The summed E-state index contributed by atoms with van der Waals surface area (Å²) in [6.07, 6.45) is 4.70. The first kappa shape index (κ1) is 13.4. The van der Waals surface area contributed by atoms with Crippen LogP contribution < -0.4 is 10.1 Å². The Hall–Kier alpha value is -2.04. The number of nitriles is 2. The molecule has 19 heavy (non-hydrogen) atoms. The number of benzene rings is 1. The summed E-state index contributed by atoms with van der Waals surface area (Å²) in [6, 6.07) is 9.74. The number of nitrogens with one attached hydrogen (secondary N) is 1. The highest BCUT2D eigenvalue weighted by Crippen LogP contribution is 2.25. The van der Waals surface area contributed by atoms with E-state index in [2.05, 4.69) is 17.5 Å². The van der Waals surface area contributed by atoms with Gasteiger partial charge in [0, 0.05) is 6.04 Å². The first-order valence-electron chi connectivity index (χ1n) is 6.52. The second-order valence-electron chi connectivity index (χ2n) is 4.78. The summed E-state index contributed by atoms with van der Waals surface area (Å²) in [4.78, 5) is 0. The summed E-state index contributed by atoms with van der Waals surface area (Å²) in [6.45, 7) is 0. The van der Waals surface area contributed by atoms with E-state index in [9.17, 15) is 5.26 Å². The van der Waals surface area contributed by atoms with Crippen molar-refractivity contribution in [3.05, 3.63) is 29.3 Å². The van der Waals surface area contributed by atoms with E-state index in [1.54, 1.807) is 12.1 Å². The van der Waals surface area contributed by atoms with E-state index in [0.29, 0.717) is 17.4 Å². The Morgan fingerprint density at radius 1 is 1.32 bits per heavy atom. The van der Waals surface area contributed by atoms with Crippen LogP contribution in [0.1, 0.15) is 42.9 Å². The van der Waals surface area contributed by atoms with Crippen molar-refractivity contribution in [1.82, 2.24) is 5.32 Å². The van der Waals surface area contributed by atoms with Gasteiger partial charge in [0.05, 0.1) is 18.7 Å². The molecule has 0 radical (unpaired) electrons. The Morgan fingerprint density at radius 2 is 2.05 bits per heavy atom. The highest BCUT2D eigenvalue weighted by molar-refractivity contribution is 5.46. The molecule has 1 N–H and O–H groups in total. The van der Waals surface area contributed by atoms with E-state index >= 15 is 0 Å². The van der Waals surface area contributed by atoms with Crippen LogP contribution in [-0.2, 0) is 0 Å². The zero-order valence-corrected chi connectivity index (χ0v) is 11.0. The number of rotatable bonds is 4. The third kappa shape index (κ3) is 3.05. The minimum Gasteiger partial charge on any atom is -0.495 e. The normalized spacial score (nSPS) is 16.6. The molecule has 2 rings (SSSR count). The van der Waals surface area contributed by atoms with Crippen molar-refractivity contribution in [2.45, 2.75) is 37.8 Å². The van der Waals surface area contributed by atoms with Gasteiger partial charge in [-0.25, -0.2) is 0 Å². The van der Waals surface area contributed by atoms with Gasteiger partial charge < -0.3 is 4.74 Å². The lowest BCUT2D eigenvalue weighted by Gasteiger charge is -2.18. The van der Waals surface area contributed by atoms with Gasteiger partial charge in [-0.3, -0.25) is 5.32 Å². The number of nitrogens with zero attached hydrogens (tertiary/aromatic N) is 2. The molecule has 1 aliphatic carbocycles. The van der Waals surface area contributed by atoms with Crippen LogP contribution in [0.4, 0.5) is 0 Å². The molecule has 1 atom stereocenters. The van der Waals surface area contributed by atoms with E-state index in [1.807, 2.05) is 6.07 Å². The highest BCUT2D eigenvalue weighted by atomic mass is 16.5. The molecule has 1 fully saturated rings. The number of ether oxygens (including phenoxy) is 1. The molecule has 1 aliphatic rings. The van der Waals surface area contributed by atoms with Crippen LogP contribution in [-0.4, -0.2) is 13.2 Å². The van der Waals surface area contributed by atoms with Crippen molar-refractivity contribution in [2.75, 3.05) is 7.11 Å². The largest absolute Gasteiger partial charge is 0.495 e. The fourth-order valence-electron chi connectivity index (χ4n) is 2.53. The molecular weight excluding hydrogens is 238 g/mol. The Balaban J connectivity index is 2.19. The topological polar surface area (TPSA) is 68.8 Å². The first-order valence-corrected chi connectivity index (χ1v) is 6.52. The maximum absolute atomic E-state index is 9.30. The van der Waals surface area contributed by atoms with Crippen LogP contribution >= 0.6 is 0 Å². The smallest absolute Gasteiger partial charge is 0.136 e. The van der Waals surface area contributed by atoms with Crippen LogP contribution in [0, 0.1) is 22.7 Å². The number of hydrogen-bond acceptors (Lipinski definition) is 4.